The van der Waals surface area contributed by atoms with Gasteiger partial charge in [0, 0.05) is 24.3 Å². The highest BCUT2D eigenvalue weighted by molar-refractivity contribution is 7.09. The Labute approximate surface area is 212 Å². The second-order valence-corrected chi connectivity index (χ2v) is 11.1. The van der Waals surface area contributed by atoms with Crippen LogP contribution in [0.3, 0.4) is 0 Å². The van der Waals surface area contributed by atoms with Gasteiger partial charge in [-0.2, -0.15) is 0 Å². The summed E-state index contributed by atoms with van der Waals surface area (Å²) in [5, 5.41) is 24.3. The van der Waals surface area contributed by atoms with Gasteiger partial charge in [-0.25, -0.2) is 4.98 Å². The van der Waals surface area contributed by atoms with Gasteiger partial charge >= 0.3 is 5.97 Å². The quantitative estimate of drug-likeness (QED) is 0.527. The largest absolute Gasteiger partial charge is 0.457 e. The third-order valence-corrected chi connectivity index (χ3v) is 7.67. The maximum absolute atomic E-state index is 13.2. The number of nitrogens with zero attached hydrogens (tertiary/aromatic N) is 1. The van der Waals surface area contributed by atoms with Crippen molar-refractivity contribution in [3.8, 4) is 0 Å². The Kier molecular flexibility index (Phi) is 10.6. The number of hydrogen-bond donors (Lipinski definition) is 3. The number of carbonyl (C=O) groups is 2. The zero-order valence-electron chi connectivity index (χ0n) is 21.7. The van der Waals surface area contributed by atoms with Crippen molar-refractivity contribution in [2.24, 2.45) is 23.0 Å². The molecular weight excluding hydrogens is 464 g/mol. The van der Waals surface area contributed by atoms with Gasteiger partial charge < -0.3 is 20.7 Å². The molecule has 0 aromatic carbocycles. The number of nitrogens with two attached hydrogens (primary N) is 1. The molecule has 0 radical (unpaired) electrons. The zero-order chi connectivity index (χ0) is 26.3. The zero-order valence-corrected chi connectivity index (χ0v) is 22.5. The highest BCUT2D eigenvalue weighted by Crippen LogP contribution is 2.32. The molecule has 0 bridgehead atoms. The number of Topliss-reactive ketones (excluding diaryl/α,β-unsaturated/α-hetero) is 1. The van der Waals surface area contributed by atoms with Crippen LogP contribution in [0.25, 0.3) is 6.08 Å². The Balaban J connectivity index is 2.37. The number of ether oxygens (including phenoxy) is 1. The van der Waals surface area contributed by atoms with E-state index in [1.807, 2.05) is 50.5 Å². The molecule has 1 aliphatic heterocycles. The molecule has 1 aromatic rings. The minimum atomic E-state index is -1.24. The number of hydrogen-bond acceptors (Lipinski definition) is 8. The van der Waals surface area contributed by atoms with Crippen molar-refractivity contribution in [1.82, 2.24) is 4.98 Å². The number of rotatable bonds is 3. The molecule has 2 heterocycles. The minimum absolute atomic E-state index is 0.140. The normalized spacial score (nSPS) is 32.0. The first-order valence-electron chi connectivity index (χ1n) is 12.1. The molecule has 35 heavy (non-hydrogen) atoms. The smallest absolute Gasteiger partial charge is 0.309 e. The number of aliphatic hydroxyl groups is 2. The molecule has 7 nitrogen and oxygen atoms in total. The minimum Gasteiger partial charge on any atom is -0.457 e. The van der Waals surface area contributed by atoms with Crippen LogP contribution in [-0.2, 0) is 20.9 Å². The lowest BCUT2D eigenvalue weighted by Gasteiger charge is -2.34. The fourth-order valence-electron chi connectivity index (χ4n) is 4.13. The first-order chi connectivity index (χ1) is 16.4. The lowest BCUT2D eigenvalue weighted by atomic mass is 9.73. The van der Waals surface area contributed by atoms with Crippen LogP contribution >= 0.6 is 11.3 Å². The predicted octanol–water partition coefficient (Wildman–Crippen LogP) is 4.19. The molecule has 0 unspecified atom stereocenters. The topological polar surface area (TPSA) is 123 Å². The highest BCUT2D eigenvalue weighted by Gasteiger charge is 2.42. The number of aromatic nitrogens is 1. The number of thiazole rings is 1. The Morgan fingerprint density at radius 1 is 1.29 bits per heavy atom. The molecule has 0 saturated heterocycles. The summed E-state index contributed by atoms with van der Waals surface area (Å²) in [7, 11) is 0. The van der Waals surface area contributed by atoms with Crippen LogP contribution in [0.15, 0.2) is 34.8 Å². The van der Waals surface area contributed by atoms with Crippen molar-refractivity contribution in [2.75, 3.05) is 0 Å². The maximum atomic E-state index is 13.2. The Hall–Kier alpha value is -2.13. The molecule has 194 valence electrons. The van der Waals surface area contributed by atoms with Crippen LogP contribution in [0.5, 0.6) is 0 Å². The van der Waals surface area contributed by atoms with Crippen molar-refractivity contribution in [1.29, 1.82) is 0 Å². The van der Waals surface area contributed by atoms with Crippen LogP contribution in [0.2, 0.25) is 0 Å². The van der Waals surface area contributed by atoms with Crippen molar-refractivity contribution in [3.63, 3.8) is 0 Å². The van der Waals surface area contributed by atoms with Crippen molar-refractivity contribution < 1.29 is 24.5 Å². The summed E-state index contributed by atoms with van der Waals surface area (Å²) in [6.07, 6.45) is 5.92. The van der Waals surface area contributed by atoms with Gasteiger partial charge in [-0.1, -0.05) is 51.5 Å². The summed E-state index contributed by atoms with van der Waals surface area (Å²) in [4.78, 5) is 30.5. The summed E-state index contributed by atoms with van der Waals surface area (Å²) in [6.45, 7) is 11.0. The lowest BCUT2D eigenvalue weighted by molar-refractivity contribution is -0.154. The number of ketones is 1. The highest BCUT2D eigenvalue weighted by atomic mass is 32.1. The van der Waals surface area contributed by atoms with Crippen molar-refractivity contribution in [2.45, 2.75) is 85.7 Å². The molecule has 8 heteroatoms. The van der Waals surface area contributed by atoms with Crippen LogP contribution in [-0.4, -0.2) is 45.3 Å². The van der Waals surface area contributed by atoms with Gasteiger partial charge in [0.1, 0.15) is 16.9 Å². The van der Waals surface area contributed by atoms with E-state index in [0.29, 0.717) is 19.4 Å². The monoisotopic (exact) mass is 504 g/mol. The lowest BCUT2D eigenvalue weighted by Crippen LogP contribution is -2.45. The fraction of sp³-hybridized carbons (Fsp3) is 0.593. The van der Waals surface area contributed by atoms with Crippen LogP contribution < -0.4 is 5.73 Å². The van der Waals surface area contributed by atoms with Crippen LogP contribution in [0.1, 0.15) is 71.5 Å². The van der Waals surface area contributed by atoms with E-state index < -0.39 is 35.6 Å². The molecule has 0 spiro atoms. The molecular formula is C27H40N2O5S. The van der Waals surface area contributed by atoms with Gasteiger partial charge in [-0.3, -0.25) is 9.59 Å². The molecule has 1 aromatic heterocycles. The number of cyclic esters (lactones) is 1. The van der Waals surface area contributed by atoms with E-state index in [2.05, 4.69) is 4.98 Å². The molecule has 0 amide bonds. The first kappa shape index (κ1) is 29.1. The second-order valence-electron chi connectivity index (χ2n) is 10.1. The van der Waals surface area contributed by atoms with E-state index in [-0.39, 0.29) is 18.1 Å². The SMILES string of the molecule is CC1=C/C[C@@H](/C(C)=C/c2csc(CN)n2)OC(=O)C[C@H](O)C(C)(C)C(=O)[C@H](C)[C@@H](O)[C@@H](C)C\C=C\1. The number of carbonyl (C=O) groups excluding carboxylic acids is 2. The number of esters is 1. The molecule has 1 aliphatic rings. The third kappa shape index (κ3) is 7.93. The van der Waals surface area contributed by atoms with Crippen molar-refractivity contribution >= 4 is 29.2 Å². The average molecular weight is 505 g/mol. The third-order valence-electron chi connectivity index (χ3n) is 6.78. The van der Waals surface area contributed by atoms with Gasteiger partial charge in [0.2, 0.25) is 0 Å². The van der Waals surface area contributed by atoms with E-state index >= 15 is 0 Å². The van der Waals surface area contributed by atoms with Crippen molar-refractivity contribution in [3.05, 3.63) is 45.5 Å². The fourth-order valence-corrected chi connectivity index (χ4v) is 4.76. The number of aliphatic hydroxyl groups excluding tert-OH is 2. The Morgan fingerprint density at radius 2 is 1.97 bits per heavy atom. The maximum Gasteiger partial charge on any atom is 0.309 e. The predicted molar refractivity (Wildman–Crippen MR) is 139 cm³/mol. The van der Waals surface area contributed by atoms with Gasteiger partial charge in [0.05, 0.1) is 29.7 Å². The molecule has 4 N–H and O–H groups in total. The summed E-state index contributed by atoms with van der Waals surface area (Å²) in [6, 6.07) is 0. The summed E-state index contributed by atoms with van der Waals surface area (Å²) < 4.78 is 5.79. The molecule has 2 rings (SSSR count). The summed E-state index contributed by atoms with van der Waals surface area (Å²) >= 11 is 1.47. The standard InChI is InChI=1S/C27H40N2O5S/c1-16-8-7-9-17(2)25(32)19(4)26(33)27(5,6)22(30)13-24(31)34-21(11-10-16)18(3)12-20-15-35-23(14-28)29-20/h7-8,10,12,15,17,19,21-22,25,30,32H,9,11,13-14,28H2,1-6H3/b8-7+,16-10-,18-12+/t17-,19+,21-,22-,25-/m0/s1. The van der Waals surface area contributed by atoms with Crippen LogP contribution in [0, 0.1) is 17.3 Å². The van der Waals surface area contributed by atoms with Gasteiger partial charge in [-0.15, -0.1) is 11.3 Å². The molecule has 5 atom stereocenters. The Bertz CT molecular complexity index is 978. The molecule has 0 saturated carbocycles. The average Bonchev–Trinajstić information content (AvgIpc) is 3.26. The van der Waals surface area contributed by atoms with Gasteiger partial charge in [0.25, 0.3) is 0 Å². The summed E-state index contributed by atoms with van der Waals surface area (Å²) in [5.74, 6) is -1.69. The van der Waals surface area contributed by atoms with Crippen LogP contribution in [0.4, 0.5) is 0 Å². The van der Waals surface area contributed by atoms with Gasteiger partial charge in [0.15, 0.2) is 0 Å². The first-order valence-corrected chi connectivity index (χ1v) is 13.0. The number of allylic oxidation sites excluding steroid dienone is 3. The van der Waals surface area contributed by atoms with E-state index in [1.165, 1.54) is 11.3 Å². The molecule has 0 fully saturated rings. The van der Waals surface area contributed by atoms with E-state index in [9.17, 15) is 19.8 Å². The van der Waals surface area contributed by atoms with E-state index in [4.69, 9.17) is 10.5 Å². The molecule has 0 aliphatic carbocycles. The van der Waals surface area contributed by atoms with E-state index in [0.717, 1.165) is 21.8 Å². The van der Waals surface area contributed by atoms with Gasteiger partial charge in [-0.05, 0) is 37.8 Å². The second kappa shape index (κ2) is 12.7. The van der Waals surface area contributed by atoms with E-state index in [1.54, 1.807) is 20.8 Å². The summed E-state index contributed by atoms with van der Waals surface area (Å²) in [5.41, 5.74) is 7.01. The Morgan fingerprint density at radius 3 is 2.60 bits per heavy atom.